The molecule has 0 saturated carbocycles. The fourth-order valence-electron chi connectivity index (χ4n) is 2.43. The number of aromatic nitrogens is 2. The Hall–Kier alpha value is -1.15. The summed E-state index contributed by atoms with van der Waals surface area (Å²) in [6, 6.07) is -0.276. The lowest BCUT2D eigenvalue weighted by Gasteiger charge is -2.40. The Balaban J connectivity index is 2.04. The first-order chi connectivity index (χ1) is 9.94. The minimum atomic E-state index is -4.59. The lowest BCUT2D eigenvalue weighted by Crippen LogP contribution is -2.53. The Labute approximate surface area is 127 Å². The first-order valence-electron chi connectivity index (χ1n) is 7.31. The summed E-state index contributed by atoms with van der Waals surface area (Å²) in [5, 5.41) is 13.6. The van der Waals surface area contributed by atoms with Gasteiger partial charge in [-0.05, 0) is 19.8 Å². The maximum Gasteiger partial charge on any atom is 0.417 e. The van der Waals surface area contributed by atoms with Crippen molar-refractivity contribution in [2.24, 2.45) is 0 Å². The molecule has 8 heteroatoms. The number of rotatable bonds is 2. The summed E-state index contributed by atoms with van der Waals surface area (Å²) >= 11 is 0. The van der Waals surface area contributed by atoms with Crippen LogP contribution in [-0.4, -0.2) is 45.0 Å². The van der Waals surface area contributed by atoms with E-state index >= 15 is 0 Å². The SMILES string of the molecule is CC(c1nc(C(C)(C)C)no1)N1CCC(O)(C(F)(F)F)CC1. The van der Waals surface area contributed by atoms with Crippen LogP contribution in [0.1, 0.15) is 58.3 Å². The van der Waals surface area contributed by atoms with E-state index in [1.165, 1.54) is 0 Å². The van der Waals surface area contributed by atoms with Gasteiger partial charge in [-0.2, -0.15) is 18.2 Å². The van der Waals surface area contributed by atoms with E-state index in [9.17, 15) is 18.3 Å². The van der Waals surface area contributed by atoms with Crippen LogP contribution in [0.5, 0.6) is 0 Å². The molecule has 0 aromatic carbocycles. The lowest BCUT2D eigenvalue weighted by molar-refractivity contribution is -0.273. The highest BCUT2D eigenvalue weighted by molar-refractivity contribution is 5.03. The maximum absolute atomic E-state index is 12.8. The molecule has 5 nitrogen and oxygen atoms in total. The van der Waals surface area contributed by atoms with E-state index in [1.54, 1.807) is 0 Å². The van der Waals surface area contributed by atoms with E-state index < -0.39 is 11.8 Å². The molecule has 1 aliphatic heterocycles. The molecule has 0 aliphatic carbocycles. The molecule has 126 valence electrons. The number of hydrogen-bond donors (Lipinski definition) is 1. The van der Waals surface area contributed by atoms with Gasteiger partial charge in [0.25, 0.3) is 0 Å². The predicted molar refractivity (Wildman–Crippen MR) is 73.2 cm³/mol. The third-order valence-electron chi connectivity index (χ3n) is 4.17. The number of alkyl halides is 3. The van der Waals surface area contributed by atoms with Gasteiger partial charge in [-0.15, -0.1) is 0 Å². The number of nitrogens with zero attached hydrogens (tertiary/aromatic N) is 3. The summed E-state index contributed by atoms with van der Waals surface area (Å²) in [5.41, 5.74) is -2.84. The van der Waals surface area contributed by atoms with E-state index in [-0.39, 0.29) is 37.4 Å². The third kappa shape index (κ3) is 3.27. The molecule has 0 bridgehead atoms. The minimum Gasteiger partial charge on any atom is -0.380 e. The van der Waals surface area contributed by atoms with E-state index in [2.05, 4.69) is 10.1 Å². The quantitative estimate of drug-likeness (QED) is 0.907. The molecule has 1 fully saturated rings. The summed E-state index contributed by atoms with van der Waals surface area (Å²) < 4.78 is 43.6. The molecular weight excluding hydrogens is 299 g/mol. The van der Waals surface area contributed by atoms with Gasteiger partial charge in [-0.1, -0.05) is 25.9 Å². The maximum atomic E-state index is 12.8. The minimum absolute atomic E-state index is 0.129. The second kappa shape index (κ2) is 5.49. The first-order valence-corrected chi connectivity index (χ1v) is 7.31. The number of hydrogen-bond acceptors (Lipinski definition) is 5. The largest absolute Gasteiger partial charge is 0.417 e. The van der Waals surface area contributed by atoms with E-state index in [0.717, 1.165) is 0 Å². The van der Waals surface area contributed by atoms with Crippen LogP contribution in [0.2, 0.25) is 0 Å². The van der Waals surface area contributed by atoms with Crippen molar-refractivity contribution in [3.63, 3.8) is 0 Å². The first kappa shape index (κ1) is 17.2. The zero-order valence-electron chi connectivity index (χ0n) is 13.2. The van der Waals surface area contributed by atoms with Crippen LogP contribution in [0.15, 0.2) is 4.52 Å². The zero-order chi connectivity index (χ0) is 16.8. The van der Waals surface area contributed by atoms with Crippen molar-refractivity contribution in [3.05, 3.63) is 11.7 Å². The van der Waals surface area contributed by atoms with Crippen molar-refractivity contribution in [1.29, 1.82) is 0 Å². The summed E-state index contributed by atoms with van der Waals surface area (Å²) in [4.78, 5) is 6.16. The molecule has 0 radical (unpaired) electrons. The average Bonchev–Trinajstić information content (AvgIpc) is 2.87. The van der Waals surface area contributed by atoms with E-state index in [4.69, 9.17) is 4.52 Å². The molecule has 1 aromatic heterocycles. The average molecular weight is 321 g/mol. The van der Waals surface area contributed by atoms with Gasteiger partial charge in [0.1, 0.15) is 0 Å². The van der Waals surface area contributed by atoms with Gasteiger partial charge in [0.15, 0.2) is 11.4 Å². The van der Waals surface area contributed by atoms with Crippen LogP contribution >= 0.6 is 0 Å². The molecule has 0 amide bonds. The normalized spacial score (nSPS) is 21.8. The standard InChI is InChI=1S/C14H22F3N3O2/c1-9(10-18-11(19-22-10)12(2,3)4)20-7-5-13(21,6-8-20)14(15,16)17/h9,21H,5-8H2,1-4H3. The topological polar surface area (TPSA) is 62.4 Å². The summed E-state index contributed by atoms with van der Waals surface area (Å²) in [6.07, 6.45) is -5.28. The van der Waals surface area contributed by atoms with Crippen molar-refractivity contribution in [3.8, 4) is 0 Å². The Morgan fingerprint density at radius 2 is 1.77 bits per heavy atom. The van der Waals surface area contributed by atoms with Gasteiger partial charge in [0, 0.05) is 18.5 Å². The van der Waals surface area contributed by atoms with Gasteiger partial charge in [-0.25, -0.2) is 0 Å². The van der Waals surface area contributed by atoms with Crippen LogP contribution in [0.4, 0.5) is 13.2 Å². The Morgan fingerprint density at radius 1 is 1.23 bits per heavy atom. The molecular formula is C14H22F3N3O2. The highest BCUT2D eigenvalue weighted by Gasteiger charge is 2.54. The smallest absolute Gasteiger partial charge is 0.380 e. The van der Waals surface area contributed by atoms with Gasteiger partial charge in [-0.3, -0.25) is 4.90 Å². The van der Waals surface area contributed by atoms with Crippen LogP contribution < -0.4 is 0 Å². The number of likely N-dealkylation sites (tertiary alicyclic amines) is 1. The molecule has 22 heavy (non-hydrogen) atoms. The Kier molecular flexibility index (Phi) is 4.29. The van der Waals surface area contributed by atoms with Crippen molar-refractivity contribution in [2.75, 3.05) is 13.1 Å². The van der Waals surface area contributed by atoms with Crippen LogP contribution in [-0.2, 0) is 5.41 Å². The Morgan fingerprint density at radius 3 is 2.18 bits per heavy atom. The number of piperidine rings is 1. The highest BCUT2D eigenvalue weighted by Crippen LogP contribution is 2.39. The lowest BCUT2D eigenvalue weighted by atomic mass is 9.90. The molecule has 2 heterocycles. The second-order valence-electron chi connectivity index (χ2n) is 6.95. The molecule has 1 aromatic rings. The monoisotopic (exact) mass is 321 g/mol. The fraction of sp³-hybridized carbons (Fsp3) is 0.857. The zero-order valence-corrected chi connectivity index (χ0v) is 13.2. The highest BCUT2D eigenvalue weighted by atomic mass is 19.4. The number of aliphatic hydroxyl groups is 1. The van der Waals surface area contributed by atoms with Crippen LogP contribution in [0, 0.1) is 0 Å². The molecule has 1 aliphatic rings. The van der Waals surface area contributed by atoms with Crippen molar-refractivity contribution in [1.82, 2.24) is 15.0 Å². The van der Waals surface area contributed by atoms with Crippen molar-refractivity contribution in [2.45, 2.75) is 63.8 Å². The second-order valence-corrected chi connectivity index (χ2v) is 6.95. The van der Waals surface area contributed by atoms with Crippen molar-refractivity contribution < 1.29 is 22.8 Å². The number of halogens is 3. The fourth-order valence-corrected chi connectivity index (χ4v) is 2.43. The molecule has 1 unspecified atom stereocenters. The summed E-state index contributed by atoms with van der Waals surface area (Å²) in [6.45, 7) is 7.94. The Bertz CT molecular complexity index is 514. The molecule has 1 atom stereocenters. The van der Waals surface area contributed by atoms with Crippen molar-refractivity contribution >= 4 is 0 Å². The van der Waals surface area contributed by atoms with Crippen LogP contribution in [0.3, 0.4) is 0 Å². The predicted octanol–water partition coefficient (Wildman–Crippen LogP) is 2.82. The molecule has 2 rings (SSSR count). The molecule has 1 saturated heterocycles. The van der Waals surface area contributed by atoms with Gasteiger partial charge >= 0.3 is 6.18 Å². The van der Waals surface area contributed by atoms with E-state index in [0.29, 0.717) is 11.7 Å². The van der Waals surface area contributed by atoms with Crippen LogP contribution in [0.25, 0.3) is 0 Å². The van der Waals surface area contributed by atoms with E-state index in [1.807, 2.05) is 32.6 Å². The third-order valence-corrected chi connectivity index (χ3v) is 4.17. The van der Waals surface area contributed by atoms with Gasteiger partial charge in [0.05, 0.1) is 6.04 Å². The molecule has 0 spiro atoms. The summed E-state index contributed by atoms with van der Waals surface area (Å²) in [7, 11) is 0. The molecule has 1 N–H and O–H groups in total. The summed E-state index contributed by atoms with van der Waals surface area (Å²) in [5.74, 6) is 0.959. The van der Waals surface area contributed by atoms with Gasteiger partial charge in [0.2, 0.25) is 5.89 Å². The van der Waals surface area contributed by atoms with Gasteiger partial charge < -0.3 is 9.63 Å².